The zero-order chi connectivity index (χ0) is 42.7. The molecule has 4 nitrogen and oxygen atoms in total. The summed E-state index contributed by atoms with van der Waals surface area (Å²) >= 11 is 0. The predicted molar refractivity (Wildman–Crippen MR) is 270 cm³/mol. The molecule has 306 valence electrons. The van der Waals surface area contributed by atoms with Crippen molar-refractivity contribution in [2.24, 2.45) is 0 Å². The standard InChI is InChI=1S/C60H44N2O2/c63-53(19-7-11-39-21-23-45-27-25-41-13-5-15-43-29-33-49(39)57(45)55(41)43)61-51-35-31-37-9-1-3-17-47(37)59(51)60-48-18-4-2-10-38(48)32-36-52(60)62-54(64)20-8-12-40-22-24-46-28-26-42-14-6-16-44-30-34-50(40)58(46)56(42)44/h1-6,9-10,13-18,21-36H,7-8,11-12,19-20H2,(H,61,63)(H,62,64). The van der Waals surface area contributed by atoms with Crippen molar-refractivity contribution in [2.75, 3.05) is 10.6 Å². The third-order valence-corrected chi connectivity index (χ3v) is 13.6. The predicted octanol–water partition coefficient (Wildman–Crippen LogP) is 15.4. The molecule has 0 saturated heterocycles. The van der Waals surface area contributed by atoms with Crippen molar-refractivity contribution in [3.05, 3.63) is 193 Å². The van der Waals surface area contributed by atoms with Gasteiger partial charge in [-0.1, -0.05) is 170 Å². The smallest absolute Gasteiger partial charge is 0.224 e. The molecule has 12 aromatic carbocycles. The van der Waals surface area contributed by atoms with E-state index in [2.05, 4.69) is 156 Å². The van der Waals surface area contributed by atoms with Gasteiger partial charge >= 0.3 is 0 Å². The Bertz CT molecular complexity index is 3510. The molecular formula is C60H44N2O2. The summed E-state index contributed by atoms with van der Waals surface area (Å²) in [6.07, 6.45) is 3.76. The highest BCUT2D eigenvalue weighted by Gasteiger charge is 2.21. The number of carbonyl (C=O) groups excluding carboxylic acids is 2. The number of aryl methyl sites for hydroxylation is 2. The molecule has 0 aromatic heterocycles. The van der Waals surface area contributed by atoms with E-state index in [1.807, 2.05) is 36.4 Å². The molecule has 64 heavy (non-hydrogen) atoms. The lowest BCUT2D eigenvalue weighted by atomic mass is 9.90. The number of fused-ring (bicyclic) bond motifs is 2. The lowest BCUT2D eigenvalue weighted by Crippen LogP contribution is -2.14. The van der Waals surface area contributed by atoms with Gasteiger partial charge in [-0.2, -0.15) is 0 Å². The summed E-state index contributed by atoms with van der Waals surface area (Å²) in [5, 5.41) is 26.1. The van der Waals surface area contributed by atoms with E-state index in [1.54, 1.807) is 0 Å². The largest absolute Gasteiger partial charge is 0.325 e. The van der Waals surface area contributed by atoms with E-state index in [0.717, 1.165) is 56.9 Å². The van der Waals surface area contributed by atoms with Crippen molar-refractivity contribution in [2.45, 2.75) is 38.5 Å². The van der Waals surface area contributed by atoms with Gasteiger partial charge in [0.05, 0.1) is 0 Å². The Labute approximate surface area is 370 Å². The Morgan fingerprint density at radius 2 is 0.656 bits per heavy atom. The van der Waals surface area contributed by atoms with Crippen LogP contribution in [0.4, 0.5) is 11.4 Å². The summed E-state index contributed by atoms with van der Waals surface area (Å²) in [7, 11) is 0. The number of hydrogen-bond acceptors (Lipinski definition) is 2. The van der Waals surface area contributed by atoms with E-state index in [9.17, 15) is 9.59 Å². The average molecular weight is 825 g/mol. The molecule has 12 aromatic rings. The van der Waals surface area contributed by atoms with E-state index in [-0.39, 0.29) is 11.8 Å². The van der Waals surface area contributed by atoms with Crippen LogP contribution in [0.2, 0.25) is 0 Å². The van der Waals surface area contributed by atoms with Crippen molar-refractivity contribution in [3.63, 3.8) is 0 Å². The zero-order valence-corrected chi connectivity index (χ0v) is 35.4. The molecule has 2 amide bonds. The maximum atomic E-state index is 14.0. The van der Waals surface area contributed by atoms with Crippen LogP contribution in [-0.2, 0) is 22.4 Å². The highest BCUT2D eigenvalue weighted by molar-refractivity contribution is 6.25. The molecule has 0 unspecified atom stereocenters. The number of rotatable bonds is 11. The molecule has 0 radical (unpaired) electrons. The summed E-state index contributed by atoms with van der Waals surface area (Å²) < 4.78 is 0. The first-order valence-corrected chi connectivity index (χ1v) is 22.5. The second-order valence-electron chi connectivity index (χ2n) is 17.4. The fraction of sp³-hybridized carbons (Fsp3) is 0.100. The molecule has 2 N–H and O–H groups in total. The minimum Gasteiger partial charge on any atom is -0.325 e. The molecule has 0 saturated carbocycles. The van der Waals surface area contributed by atoms with E-state index in [1.165, 1.54) is 75.8 Å². The number of hydrogen-bond donors (Lipinski definition) is 2. The Balaban J connectivity index is 0.818. The van der Waals surface area contributed by atoms with Gasteiger partial charge in [0.25, 0.3) is 0 Å². The topological polar surface area (TPSA) is 58.2 Å². The summed E-state index contributed by atoms with van der Waals surface area (Å²) in [6.45, 7) is 0. The Morgan fingerprint density at radius 3 is 1.09 bits per heavy atom. The zero-order valence-electron chi connectivity index (χ0n) is 35.4. The summed E-state index contributed by atoms with van der Waals surface area (Å²) in [5.74, 6) is -0.0706. The second-order valence-corrected chi connectivity index (χ2v) is 17.4. The van der Waals surface area contributed by atoms with E-state index in [4.69, 9.17) is 0 Å². The molecule has 4 heteroatoms. The Morgan fingerprint density at radius 1 is 0.312 bits per heavy atom. The van der Waals surface area contributed by atoms with Gasteiger partial charge in [-0.25, -0.2) is 0 Å². The van der Waals surface area contributed by atoms with E-state index in [0.29, 0.717) is 25.7 Å². The van der Waals surface area contributed by atoms with E-state index >= 15 is 0 Å². The van der Waals surface area contributed by atoms with Gasteiger partial charge in [-0.3, -0.25) is 9.59 Å². The minimum atomic E-state index is -0.0353. The molecule has 0 fully saturated rings. The van der Waals surface area contributed by atoms with Gasteiger partial charge in [0.1, 0.15) is 0 Å². The Hall–Kier alpha value is -7.82. The van der Waals surface area contributed by atoms with Crippen molar-refractivity contribution in [1.82, 2.24) is 0 Å². The number of benzene rings is 12. The van der Waals surface area contributed by atoms with Crippen molar-refractivity contribution in [1.29, 1.82) is 0 Å². The summed E-state index contributed by atoms with van der Waals surface area (Å²) in [6, 6.07) is 64.4. The van der Waals surface area contributed by atoms with E-state index < -0.39 is 0 Å². The van der Waals surface area contributed by atoms with Gasteiger partial charge in [0.15, 0.2) is 0 Å². The highest BCUT2D eigenvalue weighted by atomic mass is 16.2. The maximum Gasteiger partial charge on any atom is 0.224 e. The SMILES string of the molecule is O=C(CCCc1ccc2ccc3cccc4ccc1c2c34)Nc1ccc2ccccc2c1-c1c(NC(=O)CCCc2ccc3ccc4cccc5ccc2c3c45)ccc2ccccc12. The van der Waals surface area contributed by atoms with Crippen LogP contribution in [0, 0.1) is 0 Å². The third kappa shape index (κ3) is 6.45. The molecule has 0 aliphatic carbocycles. The van der Waals surface area contributed by atoms with Gasteiger partial charge in [-0.15, -0.1) is 0 Å². The number of carbonyl (C=O) groups is 2. The molecular weight excluding hydrogens is 781 g/mol. The van der Waals surface area contributed by atoms with Gasteiger partial charge < -0.3 is 10.6 Å². The third-order valence-electron chi connectivity index (χ3n) is 13.6. The molecule has 0 aliphatic heterocycles. The average Bonchev–Trinajstić information content (AvgIpc) is 3.33. The quantitative estimate of drug-likeness (QED) is 0.128. The van der Waals surface area contributed by atoms with Crippen LogP contribution in [0.25, 0.3) is 97.3 Å². The second kappa shape index (κ2) is 15.5. The van der Waals surface area contributed by atoms with Gasteiger partial charge in [-0.05, 0) is 135 Å². The lowest BCUT2D eigenvalue weighted by molar-refractivity contribution is -0.117. The molecule has 0 atom stereocenters. The molecule has 12 rings (SSSR count). The first-order valence-electron chi connectivity index (χ1n) is 22.5. The Kier molecular flexibility index (Phi) is 9.19. The van der Waals surface area contributed by atoms with Crippen LogP contribution in [0.3, 0.4) is 0 Å². The number of amides is 2. The first-order chi connectivity index (χ1) is 31.6. The fourth-order valence-corrected chi connectivity index (χ4v) is 10.6. The number of nitrogens with one attached hydrogen (secondary N) is 2. The van der Waals surface area contributed by atoms with Gasteiger partial charge in [0, 0.05) is 35.3 Å². The summed E-state index contributed by atoms with van der Waals surface area (Å²) in [5.41, 5.74) is 5.78. The van der Waals surface area contributed by atoms with Crippen LogP contribution in [0.5, 0.6) is 0 Å². The van der Waals surface area contributed by atoms with Crippen LogP contribution in [0.1, 0.15) is 36.8 Å². The number of anilines is 2. The van der Waals surface area contributed by atoms with Crippen LogP contribution < -0.4 is 10.6 Å². The van der Waals surface area contributed by atoms with Crippen molar-refractivity contribution in [3.8, 4) is 11.1 Å². The normalized spacial score (nSPS) is 11.9. The first kappa shape index (κ1) is 37.9. The van der Waals surface area contributed by atoms with Gasteiger partial charge in [0.2, 0.25) is 11.8 Å². The highest BCUT2D eigenvalue weighted by Crippen LogP contribution is 2.44. The van der Waals surface area contributed by atoms with Crippen LogP contribution in [0.15, 0.2) is 182 Å². The molecule has 0 spiro atoms. The molecule has 0 bridgehead atoms. The van der Waals surface area contributed by atoms with Crippen molar-refractivity contribution >= 4 is 109 Å². The monoisotopic (exact) mass is 824 g/mol. The van der Waals surface area contributed by atoms with Crippen molar-refractivity contribution < 1.29 is 9.59 Å². The fourth-order valence-electron chi connectivity index (χ4n) is 10.6. The van der Waals surface area contributed by atoms with Crippen LogP contribution >= 0.6 is 0 Å². The lowest BCUT2D eigenvalue weighted by Gasteiger charge is -2.20. The minimum absolute atomic E-state index is 0.0353. The maximum absolute atomic E-state index is 14.0. The van der Waals surface area contributed by atoms with Crippen LogP contribution in [-0.4, -0.2) is 11.8 Å². The summed E-state index contributed by atoms with van der Waals surface area (Å²) in [4.78, 5) is 28.0. The molecule has 0 aliphatic rings. The molecule has 0 heterocycles.